The highest BCUT2D eigenvalue weighted by Gasteiger charge is 2.23. The molecule has 0 radical (unpaired) electrons. The predicted molar refractivity (Wildman–Crippen MR) is 129 cm³/mol. The molecule has 0 aliphatic heterocycles. The van der Waals surface area contributed by atoms with Crippen LogP contribution in [0.2, 0.25) is 0 Å². The summed E-state index contributed by atoms with van der Waals surface area (Å²) >= 11 is 0. The molecular formula is C24H33N3O5S. The second kappa shape index (κ2) is 10.8. The third-order valence-electron chi connectivity index (χ3n) is 4.75. The summed E-state index contributed by atoms with van der Waals surface area (Å²) in [4.78, 5) is 26.5. The van der Waals surface area contributed by atoms with Crippen molar-refractivity contribution in [3.63, 3.8) is 0 Å². The first kappa shape index (κ1) is 26.3. The molecule has 0 bridgehead atoms. The highest BCUT2D eigenvalue weighted by Crippen LogP contribution is 2.19. The summed E-state index contributed by atoms with van der Waals surface area (Å²) in [6.07, 6.45) is -0.442. The molecule has 2 aromatic carbocycles. The molecule has 0 aliphatic rings. The molecule has 8 nitrogen and oxygen atoms in total. The molecule has 0 aromatic heterocycles. The van der Waals surface area contributed by atoms with Crippen LogP contribution in [0, 0.1) is 0 Å². The Morgan fingerprint density at radius 3 is 2.24 bits per heavy atom. The van der Waals surface area contributed by atoms with E-state index in [4.69, 9.17) is 4.74 Å². The maximum Gasteiger partial charge on any atom is 0.410 e. The van der Waals surface area contributed by atoms with Crippen molar-refractivity contribution in [1.29, 1.82) is 0 Å². The van der Waals surface area contributed by atoms with Crippen molar-refractivity contribution in [3.05, 3.63) is 59.7 Å². The summed E-state index contributed by atoms with van der Waals surface area (Å²) in [6, 6.07) is 13.1. The lowest BCUT2D eigenvalue weighted by atomic mass is 10.1. The van der Waals surface area contributed by atoms with Crippen LogP contribution < -0.4 is 5.32 Å². The van der Waals surface area contributed by atoms with Gasteiger partial charge >= 0.3 is 6.09 Å². The van der Waals surface area contributed by atoms with Crippen LogP contribution in [0.4, 0.5) is 10.5 Å². The molecule has 0 fully saturated rings. The van der Waals surface area contributed by atoms with Crippen molar-refractivity contribution in [2.24, 2.45) is 0 Å². The Bertz CT molecular complexity index is 1090. The minimum Gasteiger partial charge on any atom is -0.444 e. The number of benzene rings is 2. The van der Waals surface area contributed by atoms with Gasteiger partial charge in [0, 0.05) is 37.9 Å². The zero-order valence-electron chi connectivity index (χ0n) is 20.1. The Kier molecular flexibility index (Phi) is 8.63. The highest BCUT2D eigenvalue weighted by molar-refractivity contribution is 7.89. The lowest BCUT2D eigenvalue weighted by molar-refractivity contribution is 0.0285. The van der Waals surface area contributed by atoms with E-state index in [1.165, 1.54) is 21.3 Å². The van der Waals surface area contributed by atoms with Gasteiger partial charge < -0.3 is 15.0 Å². The van der Waals surface area contributed by atoms with E-state index in [1.54, 1.807) is 72.0 Å². The maximum absolute atomic E-state index is 12.8. The van der Waals surface area contributed by atoms with E-state index in [-0.39, 0.29) is 10.5 Å². The Morgan fingerprint density at radius 1 is 1.00 bits per heavy atom. The third-order valence-corrected chi connectivity index (χ3v) is 6.80. The first-order chi connectivity index (χ1) is 15.4. The summed E-state index contributed by atoms with van der Waals surface area (Å²) in [5.74, 6) is -0.427. The number of rotatable bonds is 8. The molecule has 0 aliphatic carbocycles. The molecule has 0 spiro atoms. The summed E-state index contributed by atoms with van der Waals surface area (Å²) in [5, 5.41) is 2.79. The molecular weight excluding hydrogens is 442 g/mol. The minimum absolute atomic E-state index is 0.0755. The number of nitrogens with one attached hydrogen (secondary N) is 1. The van der Waals surface area contributed by atoms with E-state index >= 15 is 0 Å². The minimum atomic E-state index is -3.67. The lowest BCUT2D eigenvalue weighted by Crippen LogP contribution is -2.33. The fraction of sp³-hybridized carbons (Fsp3) is 0.417. The van der Waals surface area contributed by atoms with E-state index in [9.17, 15) is 18.0 Å². The number of ether oxygens (including phenoxy) is 1. The van der Waals surface area contributed by atoms with Gasteiger partial charge in [0.05, 0.1) is 4.90 Å². The zero-order valence-corrected chi connectivity index (χ0v) is 20.9. The number of hydrogen-bond acceptors (Lipinski definition) is 5. The van der Waals surface area contributed by atoms with E-state index in [1.807, 2.05) is 6.07 Å². The molecule has 0 heterocycles. The molecule has 2 aromatic rings. The van der Waals surface area contributed by atoms with Crippen molar-refractivity contribution >= 4 is 27.7 Å². The molecule has 1 N–H and O–H groups in total. The second-order valence-electron chi connectivity index (χ2n) is 8.61. The van der Waals surface area contributed by atoms with Crippen molar-refractivity contribution < 1.29 is 22.7 Å². The largest absolute Gasteiger partial charge is 0.444 e. The predicted octanol–water partition coefficient (Wildman–Crippen LogP) is 4.34. The number of hydrogen-bond donors (Lipinski definition) is 1. The van der Waals surface area contributed by atoms with Gasteiger partial charge in [-0.15, -0.1) is 0 Å². The number of sulfonamides is 1. The van der Waals surface area contributed by atoms with E-state index < -0.39 is 27.6 Å². The molecule has 0 atom stereocenters. The number of carbonyl (C=O) groups is 2. The summed E-state index contributed by atoms with van der Waals surface area (Å²) in [6.45, 7) is 9.94. The Labute approximate surface area is 196 Å². The fourth-order valence-corrected chi connectivity index (χ4v) is 4.64. The number of amides is 2. The zero-order chi connectivity index (χ0) is 24.8. The Morgan fingerprint density at radius 2 is 1.64 bits per heavy atom. The van der Waals surface area contributed by atoms with Gasteiger partial charge in [-0.1, -0.05) is 32.0 Å². The molecule has 0 saturated heterocycles. The highest BCUT2D eigenvalue weighted by atomic mass is 32.2. The van der Waals surface area contributed by atoms with Gasteiger partial charge in [-0.3, -0.25) is 4.79 Å². The average Bonchev–Trinajstić information content (AvgIpc) is 2.73. The average molecular weight is 476 g/mol. The Balaban J connectivity index is 2.15. The smallest absolute Gasteiger partial charge is 0.410 e. The van der Waals surface area contributed by atoms with Gasteiger partial charge in [0.2, 0.25) is 10.0 Å². The van der Waals surface area contributed by atoms with Crippen LogP contribution in [0.1, 0.15) is 50.5 Å². The molecule has 2 rings (SSSR count). The third kappa shape index (κ3) is 7.30. The Hall–Kier alpha value is -2.91. The first-order valence-corrected chi connectivity index (χ1v) is 12.3. The molecule has 9 heteroatoms. The lowest BCUT2D eigenvalue weighted by Gasteiger charge is -2.24. The van der Waals surface area contributed by atoms with Gasteiger partial charge in [0.15, 0.2) is 0 Å². The van der Waals surface area contributed by atoms with Gasteiger partial charge in [0.1, 0.15) is 5.60 Å². The topological polar surface area (TPSA) is 96.0 Å². The van der Waals surface area contributed by atoms with Crippen LogP contribution in [0.5, 0.6) is 0 Å². The van der Waals surface area contributed by atoms with Crippen molar-refractivity contribution in [1.82, 2.24) is 9.21 Å². The van der Waals surface area contributed by atoms with Gasteiger partial charge in [-0.05, 0) is 56.7 Å². The summed E-state index contributed by atoms with van der Waals surface area (Å²) < 4.78 is 32.2. The number of carbonyl (C=O) groups excluding carboxylic acids is 2. The number of anilines is 1. The van der Waals surface area contributed by atoms with E-state index in [2.05, 4.69) is 5.32 Å². The summed E-state index contributed by atoms with van der Waals surface area (Å²) in [7, 11) is -2.03. The SMILES string of the molecule is CCN(CC)S(=O)(=O)c1cccc(C(=O)Nc2cccc(CN(C)C(=O)OC(C)(C)C)c2)c1. The van der Waals surface area contributed by atoms with Crippen LogP contribution in [0.3, 0.4) is 0 Å². The second-order valence-corrected chi connectivity index (χ2v) is 10.5. The van der Waals surface area contributed by atoms with Crippen molar-refractivity contribution in [3.8, 4) is 0 Å². The standard InChI is InChI=1S/C24H33N3O5S/c1-7-27(8-2)33(30,31)21-14-10-12-19(16-21)22(28)25-20-13-9-11-18(15-20)17-26(6)23(29)32-24(3,4)5/h9-16H,7-8,17H2,1-6H3,(H,25,28). The molecule has 180 valence electrons. The van der Waals surface area contributed by atoms with Crippen LogP contribution in [0.25, 0.3) is 0 Å². The molecule has 0 unspecified atom stereocenters. The quantitative estimate of drug-likeness (QED) is 0.613. The van der Waals surface area contributed by atoms with Crippen LogP contribution in [-0.4, -0.2) is 55.4 Å². The van der Waals surface area contributed by atoms with E-state index in [0.29, 0.717) is 25.3 Å². The first-order valence-electron chi connectivity index (χ1n) is 10.8. The molecule has 0 saturated carbocycles. The summed E-state index contributed by atoms with van der Waals surface area (Å²) in [5.41, 5.74) is 0.986. The maximum atomic E-state index is 12.8. The normalized spacial score (nSPS) is 11.8. The van der Waals surface area contributed by atoms with Gasteiger partial charge in [-0.25, -0.2) is 13.2 Å². The molecule has 2 amide bonds. The van der Waals surface area contributed by atoms with Crippen molar-refractivity contribution in [2.75, 3.05) is 25.5 Å². The van der Waals surface area contributed by atoms with Gasteiger partial charge in [0.25, 0.3) is 5.91 Å². The van der Waals surface area contributed by atoms with Crippen LogP contribution in [-0.2, 0) is 21.3 Å². The van der Waals surface area contributed by atoms with Crippen LogP contribution >= 0.6 is 0 Å². The van der Waals surface area contributed by atoms with Crippen molar-refractivity contribution in [2.45, 2.75) is 51.7 Å². The fourth-order valence-electron chi connectivity index (χ4n) is 3.14. The molecule has 33 heavy (non-hydrogen) atoms. The number of nitrogens with zero attached hydrogens (tertiary/aromatic N) is 2. The van der Waals surface area contributed by atoms with Gasteiger partial charge in [-0.2, -0.15) is 4.31 Å². The van der Waals surface area contributed by atoms with E-state index in [0.717, 1.165) is 5.56 Å². The monoisotopic (exact) mass is 475 g/mol. The van der Waals surface area contributed by atoms with Crippen LogP contribution in [0.15, 0.2) is 53.4 Å².